The van der Waals surface area contributed by atoms with Gasteiger partial charge in [0.05, 0.1) is 17.2 Å². The molecule has 0 radical (unpaired) electrons. The zero-order chi connectivity index (χ0) is 19.4. The van der Waals surface area contributed by atoms with Gasteiger partial charge in [-0.3, -0.25) is 5.10 Å². The molecular formula is C20H16N4O3S. The first-order valence-corrected chi connectivity index (χ1v) is 9.51. The summed E-state index contributed by atoms with van der Waals surface area (Å²) in [6.07, 6.45) is 0. The highest BCUT2D eigenvalue weighted by molar-refractivity contribution is 7.12. The molecule has 0 spiro atoms. The maximum atomic E-state index is 9.82. The summed E-state index contributed by atoms with van der Waals surface area (Å²) < 4.78 is 16.6. The minimum absolute atomic E-state index is 0.0638. The van der Waals surface area contributed by atoms with Crippen LogP contribution in [0.15, 0.2) is 35.7 Å². The van der Waals surface area contributed by atoms with Gasteiger partial charge in [-0.05, 0) is 37.6 Å². The molecule has 3 N–H and O–H groups in total. The Labute approximate surface area is 165 Å². The zero-order valence-corrected chi connectivity index (χ0v) is 16.0. The summed E-state index contributed by atoms with van der Waals surface area (Å²) >= 11 is 1.71. The predicted molar refractivity (Wildman–Crippen MR) is 103 cm³/mol. The largest absolute Gasteiger partial charge is 0.454 e. The van der Waals surface area contributed by atoms with E-state index in [0.717, 1.165) is 27.3 Å². The number of hydrogen-bond donors (Lipinski definition) is 2. The van der Waals surface area contributed by atoms with E-state index in [1.54, 1.807) is 11.3 Å². The van der Waals surface area contributed by atoms with Crippen molar-refractivity contribution in [2.45, 2.75) is 19.8 Å². The van der Waals surface area contributed by atoms with Gasteiger partial charge in [0.15, 0.2) is 11.5 Å². The molecule has 140 valence electrons. The molecule has 2 aliphatic heterocycles. The molecule has 0 aliphatic carbocycles. The fourth-order valence-corrected chi connectivity index (χ4v) is 4.69. The second kappa shape index (κ2) is 6.04. The number of nitriles is 1. The number of thiophene rings is 1. The standard InChI is InChI=1S/C20H16N4O3S/c1-9-5-12(10(2)28-9)18-17-16(11-3-4-14-15(6-11)26-8-25-14)13(7-21)19(22)27-20(17)24-23-18/h3-6,16H,8,22H2,1-2H3,(H,23,24). The summed E-state index contributed by atoms with van der Waals surface area (Å²) in [6.45, 7) is 4.31. The average molecular weight is 392 g/mol. The summed E-state index contributed by atoms with van der Waals surface area (Å²) in [5.41, 5.74) is 9.94. The number of benzene rings is 1. The molecule has 1 atom stereocenters. The van der Waals surface area contributed by atoms with Crippen LogP contribution >= 0.6 is 11.3 Å². The fraction of sp³-hybridized carbons (Fsp3) is 0.200. The lowest BCUT2D eigenvalue weighted by Gasteiger charge is -2.24. The van der Waals surface area contributed by atoms with E-state index in [1.165, 1.54) is 4.88 Å². The first kappa shape index (κ1) is 16.7. The number of nitrogens with one attached hydrogen (secondary N) is 1. The lowest BCUT2D eigenvalue weighted by Crippen LogP contribution is -2.21. The Hall–Kier alpha value is -3.44. The highest BCUT2D eigenvalue weighted by Crippen LogP contribution is 2.48. The molecule has 0 bridgehead atoms. The number of nitrogens with zero attached hydrogens (tertiary/aromatic N) is 2. The van der Waals surface area contributed by atoms with Crippen molar-refractivity contribution in [2.75, 3.05) is 6.79 Å². The molecule has 0 saturated heterocycles. The Bertz CT molecular complexity index is 1180. The summed E-state index contributed by atoms with van der Waals surface area (Å²) in [5.74, 6) is 1.36. The van der Waals surface area contributed by atoms with Crippen molar-refractivity contribution in [3.8, 4) is 34.7 Å². The second-order valence-corrected chi connectivity index (χ2v) is 8.14. The third kappa shape index (κ3) is 2.37. The van der Waals surface area contributed by atoms with Crippen LogP contribution < -0.4 is 19.9 Å². The first-order chi connectivity index (χ1) is 13.6. The Morgan fingerprint density at radius 3 is 2.82 bits per heavy atom. The minimum atomic E-state index is -0.420. The number of H-pyrrole nitrogens is 1. The van der Waals surface area contributed by atoms with Crippen LogP contribution in [0.5, 0.6) is 17.4 Å². The van der Waals surface area contributed by atoms with E-state index in [0.29, 0.717) is 23.0 Å². The van der Waals surface area contributed by atoms with Gasteiger partial charge in [-0.2, -0.15) is 5.26 Å². The number of nitrogens with two attached hydrogens (primary N) is 1. The number of allylic oxidation sites excluding steroid dienone is 1. The Kier molecular flexibility index (Phi) is 3.60. The molecule has 7 nitrogen and oxygen atoms in total. The summed E-state index contributed by atoms with van der Waals surface area (Å²) in [6, 6.07) is 9.97. The molecular weight excluding hydrogens is 376 g/mol. The van der Waals surface area contributed by atoms with Crippen LogP contribution in [-0.2, 0) is 0 Å². The maximum absolute atomic E-state index is 9.82. The predicted octanol–water partition coefficient (Wildman–Crippen LogP) is 3.70. The molecule has 28 heavy (non-hydrogen) atoms. The van der Waals surface area contributed by atoms with Gasteiger partial charge in [-0.1, -0.05) is 6.07 Å². The summed E-state index contributed by atoms with van der Waals surface area (Å²) in [7, 11) is 0. The van der Waals surface area contributed by atoms with Crippen molar-refractivity contribution in [2.24, 2.45) is 5.73 Å². The van der Waals surface area contributed by atoms with E-state index in [1.807, 2.05) is 18.2 Å². The summed E-state index contributed by atoms with van der Waals surface area (Å²) in [4.78, 5) is 2.36. The van der Waals surface area contributed by atoms with Gasteiger partial charge in [-0.15, -0.1) is 16.4 Å². The van der Waals surface area contributed by atoms with Crippen LogP contribution in [0.4, 0.5) is 0 Å². The van der Waals surface area contributed by atoms with E-state index in [2.05, 4.69) is 36.2 Å². The number of aryl methyl sites for hydroxylation is 2. The van der Waals surface area contributed by atoms with Gasteiger partial charge in [-0.25, -0.2) is 0 Å². The molecule has 5 rings (SSSR count). The number of hydrogen-bond acceptors (Lipinski definition) is 7. The minimum Gasteiger partial charge on any atom is -0.454 e. The van der Waals surface area contributed by atoms with Gasteiger partial charge in [0, 0.05) is 15.3 Å². The molecule has 0 amide bonds. The Morgan fingerprint density at radius 1 is 1.25 bits per heavy atom. The molecule has 0 fully saturated rings. The highest BCUT2D eigenvalue weighted by Gasteiger charge is 2.36. The van der Waals surface area contributed by atoms with Crippen molar-refractivity contribution in [3.05, 3.63) is 56.6 Å². The molecule has 2 aromatic heterocycles. The molecule has 1 unspecified atom stereocenters. The molecule has 4 heterocycles. The smallest absolute Gasteiger partial charge is 0.244 e. The highest BCUT2D eigenvalue weighted by atomic mass is 32.1. The lowest BCUT2D eigenvalue weighted by atomic mass is 9.83. The summed E-state index contributed by atoms with van der Waals surface area (Å²) in [5, 5.41) is 17.2. The molecule has 0 saturated carbocycles. The molecule has 8 heteroatoms. The van der Waals surface area contributed by atoms with Crippen LogP contribution in [0.25, 0.3) is 11.3 Å². The third-order valence-corrected chi connectivity index (χ3v) is 5.95. The zero-order valence-electron chi connectivity index (χ0n) is 15.2. The van der Waals surface area contributed by atoms with Crippen LogP contribution in [0.1, 0.15) is 26.8 Å². The normalized spacial score (nSPS) is 17.2. The SMILES string of the molecule is Cc1cc(-c2[nH]nc3c2C(c2ccc4c(c2)OCO4)C(C#N)=C(N)O3)c(C)s1. The van der Waals surface area contributed by atoms with Crippen molar-refractivity contribution in [3.63, 3.8) is 0 Å². The van der Waals surface area contributed by atoms with E-state index >= 15 is 0 Å². The van der Waals surface area contributed by atoms with Gasteiger partial charge in [0.25, 0.3) is 0 Å². The second-order valence-electron chi connectivity index (χ2n) is 6.68. The quantitative estimate of drug-likeness (QED) is 0.689. The van der Waals surface area contributed by atoms with Crippen LogP contribution in [0.2, 0.25) is 0 Å². The number of rotatable bonds is 2. The van der Waals surface area contributed by atoms with E-state index in [9.17, 15) is 5.26 Å². The van der Waals surface area contributed by atoms with Crippen molar-refractivity contribution < 1.29 is 14.2 Å². The average Bonchev–Trinajstić information content (AvgIpc) is 3.37. The van der Waals surface area contributed by atoms with Crippen LogP contribution in [0.3, 0.4) is 0 Å². The fourth-order valence-electron chi connectivity index (χ4n) is 3.76. The third-order valence-electron chi connectivity index (χ3n) is 4.98. The number of ether oxygens (including phenoxy) is 3. The number of fused-ring (bicyclic) bond motifs is 2. The van der Waals surface area contributed by atoms with Crippen LogP contribution in [-0.4, -0.2) is 17.0 Å². The topological polar surface area (TPSA) is 106 Å². The van der Waals surface area contributed by atoms with Gasteiger partial charge >= 0.3 is 0 Å². The van der Waals surface area contributed by atoms with Gasteiger partial charge < -0.3 is 19.9 Å². The molecule has 2 aliphatic rings. The maximum Gasteiger partial charge on any atom is 0.244 e. The number of aromatic amines is 1. The molecule has 1 aromatic carbocycles. The van der Waals surface area contributed by atoms with E-state index < -0.39 is 5.92 Å². The Morgan fingerprint density at radius 2 is 2.07 bits per heavy atom. The van der Waals surface area contributed by atoms with Crippen molar-refractivity contribution >= 4 is 11.3 Å². The number of aromatic nitrogens is 2. The lowest BCUT2D eigenvalue weighted by molar-refractivity contribution is 0.174. The van der Waals surface area contributed by atoms with Crippen molar-refractivity contribution in [1.82, 2.24) is 10.2 Å². The first-order valence-electron chi connectivity index (χ1n) is 8.69. The van der Waals surface area contributed by atoms with E-state index in [-0.39, 0.29) is 12.7 Å². The van der Waals surface area contributed by atoms with Gasteiger partial charge in [0.2, 0.25) is 18.6 Å². The van der Waals surface area contributed by atoms with Gasteiger partial charge in [0.1, 0.15) is 11.6 Å². The van der Waals surface area contributed by atoms with Crippen molar-refractivity contribution in [1.29, 1.82) is 5.26 Å². The van der Waals surface area contributed by atoms with Crippen LogP contribution in [0, 0.1) is 25.2 Å². The molecule has 3 aromatic rings. The monoisotopic (exact) mass is 392 g/mol. The van der Waals surface area contributed by atoms with E-state index in [4.69, 9.17) is 19.9 Å². The Balaban J connectivity index is 1.74.